The zero-order valence-corrected chi connectivity index (χ0v) is 8.33. The van der Waals surface area contributed by atoms with Gasteiger partial charge in [-0.2, -0.15) is 0 Å². The van der Waals surface area contributed by atoms with E-state index >= 15 is 0 Å². The molecule has 14 heavy (non-hydrogen) atoms. The van der Waals surface area contributed by atoms with Gasteiger partial charge in [0.1, 0.15) is 5.42 Å². The minimum atomic E-state index is -0.225. The number of allylic oxidation sites excluding steroid dienone is 1. The molecule has 1 rings (SSSR count). The molecule has 0 bridgehead atoms. The maximum atomic E-state index is 11.2. The average molecular weight is 191 g/mol. The molecule has 0 saturated carbocycles. The van der Waals surface area contributed by atoms with Gasteiger partial charge in [-0.05, 0) is 19.1 Å². The summed E-state index contributed by atoms with van der Waals surface area (Å²) in [5, 5.41) is 3.36. The van der Waals surface area contributed by atoms with Gasteiger partial charge in [0.15, 0.2) is 5.76 Å². The molecular weight excluding hydrogens is 178 g/mol. The Balaban J connectivity index is 3.35. The Morgan fingerprint density at radius 1 is 1.64 bits per heavy atom. The van der Waals surface area contributed by atoms with Crippen molar-refractivity contribution in [3.05, 3.63) is 35.1 Å². The summed E-state index contributed by atoms with van der Waals surface area (Å²) in [6, 6.07) is 1.69. The molecule has 3 heteroatoms. The average Bonchev–Trinajstić information content (AvgIpc) is 2.60. The third-order valence-corrected chi connectivity index (χ3v) is 1.80. The molecule has 0 spiro atoms. The van der Waals surface area contributed by atoms with Crippen LogP contribution in [0.3, 0.4) is 0 Å². The Hall–Kier alpha value is -1.77. The molecule has 0 fully saturated rings. The molecule has 3 nitrogen and oxygen atoms in total. The Labute approximate surface area is 82.4 Å². The largest absolute Gasteiger partial charge is 0.451 e. The maximum Gasteiger partial charge on any atom is 0.286 e. The van der Waals surface area contributed by atoms with Gasteiger partial charge in [0.2, 0.25) is 0 Å². The Bertz CT molecular complexity index is 454. The highest BCUT2D eigenvalue weighted by Gasteiger charge is 2.06. The predicted molar refractivity (Wildman–Crippen MR) is 56.1 cm³/mol. The molecular formula is C11H13NO2. The van der Waals surface area contributed by atoms with Crippen molar-refractivity contribution in [2.75, 3.05) is 7.05 Å². The van der Waals surface area contributed by atoms with Crippen LogP contribution in [-0.4, -0.2) is 13.0 Å². The van der Waals surface area contributed by atoms with E-state index in [0.29, 0.717) is 11.2 Å². The van der Waals surface area contributed by atoms with Crippen LogP contribution in [-0.2, 0) is 0 Å². The van der Waals surface area contributed by atoms with Crippen LogP contribution in [0.2, 0.25) is 0 Å². The minimum Gasteiger partial charge on any atom is -0.451 e. The lowest BCUT2D eigenvalue weighted by Gasteiger charge is -1.90. The third-order valence-electron chi connectivity index (χ3n) is 1.80. The van der Waals surface area contributed by atoms with Crippen LogP contribution >= 0.6 is 0 Å². The molecule has 0 aliphatic heterocycles. The molecule has 0 atom stereocenters. The second-order valence-corrected chi connectivity index (χ2v) is 2.70. The lowest BCUT2D eigenvalue weighted by molar-refractivity contribution is 0.0934. The highest BCUT2D eigenvalue weighted by Crippen LogP contribution is 1.90. The molecule has 0 saturated heterocycles. The summed E-state index contributed by atoms with van der Waals surface area (Å²) in [4.78, 5) is 11.2. The zero-order chi connectivity index (χ0) is 10.6. The summed E-state index contributed by atoms with van der Waals surface area (Å²) in [6.07, 6.45) is 5.26. The lowest BCUT2D eigenvalue weighted by Crippen LogP contribution is -2.17. The van der Waals surface area contributed by atoms with Crippen LogP contribution in [0.5, 0.6) is 0 Å². The molecule has 0 aliphatic rings. The summed E-state index contributed by atoms with van der Waals surface area (Å²) < 4.78 is 5.32. The van der Waals surface area contributed by atoms with Crippen molar-refractivity contribution < 1.29 is 9.21 Å². The van der Waals surface area contributed by atoms with Gasteiger partial charge in [0, 0.05) is 12.3 Å². The van der Waals surface area contributed by atoms with Crippen LogP contribution in [0.1, 0.15) is 17.5 Å². The van der Waals surface area contributed by atoms with Crippen molar-refractivity contribution in [1.29, 1.82) is 0 Å². The zero-order valence-electron chi connectivity index (χ0n) is 8.33. The molecule has 74 valence electrons. The lowest BCUT2D eigenvalue weighted by atomic mass is 10.3. The van der Waals surface area contributed by atoms with Crippen molar-refractivity contribution in [3.8, 4) is 0 Å². The molecule has 0 aromatic carbocycles. The van der Waals surface area contributed by atoms with Gasteiger partial charge in [-0.1, -0.05) is 18.7 Å². The number of carbonyl (C=O) groups excluding carboxylic acids is 1. The normalized spacial score (nSPS) is 13.0. The Morgan fingerprint density at radius 2 is 2.36 bits per heavy atom. The summed E-state index contributed by atoms with van der Waals surface area (Å²) in [5.41, 5.74) is 0.684. The molecule has 1 amide bonds. The second kappa shape index (κ2) is 4.46. The Kier molecular flexibility index (Phi) is 3.29. The molecule has 1 aromatic heterocycles. The topological polar surface area (TPSA) is 42.2 Å². The number of hydrogen-bond donors (Lipinski definition) is 1. The molecule has 0 aliphatic carbocycles. The first kappa shape index (κ1) is 10.3. The minimum absolute atomic E-state index is 0.225. The van der Waals surface area contributed by atoms with E-state index in [4.69, 9.17) is 4.42 Å². The summed E-state index contributed by atoms with van der Waals surface area (Å²) >= 11 is 0. The van der Waals surface area contributed by atoms with Crippen LogP contribution in [0.25, 0.3) is 12.2 Å². The summed E-state index contributed by atoms with van der Waals surface area (Å²) in [5.74, 6) is 0.0884. The van der Waals surface area contributed by atoms with E-state index in [1.54, 1.807) is 25.3 Å². The number of rotatable bonds is 2. The van der Waals surface area contributed by atoms with Gasteiger partial charge in [-0.15, -0.1) is 0 Å². The van der Waals surface area contributed by atoms with Gasteiger partial charge in [0.25, 0.3) is 5.91 Å². The van der Waals surface area contributed by atoms with E-state index in [1.165, 1.54) is 0 Å². The van der Waals surface area contributed by atoms with Crippen molar-refractivity contribution in [2.24, 2.45) is 0 Å². The first-order valence-corrected chi connectivity index (χ1v) is 4.34. The fraction of sp³-hybridized carbons (Fsp3) is 0.182. The fourth-order valence-electron chi connectivity index (χ4n) is 1.14. The highest BCUT2D eigenvalue weighted by molar-refractivity contribution is 5.91. The first-order chi connectivity index (χ1) is 6.72. The second-order valence-electron chi connectivity index (χ2n) is 2.70. The van der Waals surface area contributed by atoms with E-state index in [9.17, 15) is 4.79 Å². The standard InChI is InChI=1S/C11H13NO2/c1-4-6-8-7-10(11(13)12-3)14-9(8)5-2/h4-7H,1H2,2-3H3,(H,12,13)/b8-6-,9-5+. The SMILES string of the molecule is C=C/C=c1/cc(C(=O)NC)o/c1=C/C. The van der Waals surface area contributed by atoms with E-state index in [-0.39, 0.29) is 5.91 Å². The third kappa shape index (κ3) is 1.93. The van der Waals surface area contributed by atoms with Crippen LogP contribution in [0, 0.1) is 0 Å². The molecule has 0 unspecified atom stereocenters. The van der Waals surface area contributed by atoms with Gasteiger partial charge in [-0.3, -0.25) is 4.79 Å². The fourth-order valence-corrected chi connectivity index (χ4v) is 1.14. The van der Waals surface area contributed by atoms with E-state index in [1.807, 2.05) is 13.0 Å². The van der Waals surface area contributed by atoms with Gasteiger partial charge in [-0.25, -0.2) is 0 Å². The van der Waals surface area contributed by atoms with E-state index in [0.717, 1.165) is 5.22 Å². The van der Waals surface area contributed by atoms with Gasteiger partial charge >= 0.3 is 0 Å². The molecule has 1 aromatic rings. The predicted octanol–water partition coefficient (Wildman–Crippen LogP) is 0.406. The number of nitrogens with one attached hydrogen (secondary N) is 1. The van der Waals surface area contributed by atoms with Gasteiger partial charge in [0.05, 0.1) is 0 Å². The van der Waals surface area contributed by atoms with Crippen molar-refractivity contribution >= 4 is 18.1 Å². The highest BCUT2D eigenvalue weighted by atomic mass is 16.3. The molecule has 1 heterocycles. The van der Waals surface area contributed by atoms with Crippen LogP contribution in [0.15, 0.2) is 23.1 Å². The Morgan fingerprint density at radius 3 is 2.86 bits per heavy atom. The monoisotopic (exact) mass is 191 g/mol. The quantitative estimate of drug-likeness (QED) is 0.735. The van der Waals surface area contributed by atoms with Crippen molar-refractivity contribution in [2.45, 2.75) is 6.92 Å². The van der Waals surface area contributed by atoms with E-state index in [2.05, 4.69) is 11.9 Å². The van der Waals surface area contributed by atoms with Crippen molar-refractivity contribution in [3.63, 3.8) is 0 Å². The number of hydrogen-bond acceptors (Lipinski definition) is 2. The summed E-state index contributed by atoms with van der Waals surface area (Å²) in [7, 11) is 1.57. The molecule has 1 N–H and O–H groups in total. The van der Waals surface area contributed by atoms with Crippen molar-refractivity contribution in [1.82, 2.24) is 5.32 Å². The number of carbonyl (C=O) groups is 1. The smallest absolute Gasteiger partial charge is 0.286 e. The van der Waals surface area contributed by atoms with Gasteiger partial charge < -0.3 is 9.73 Å². The summed E-state index contributed by atoms with van der Waals surface area (Å²) in [6.45, 7) is 5.45. The van der Waals surface area contributed by atoms with Crippen LogP contribution < -0.4 is 16.0 Å². The maximum absolute atomic E-state index is 11.2. The van der Waals surface area contributed by atoms with Crippen LogP contribution in [0.4, 0.5) is 0 Å². The first-order valence-electron chi connectivity index (χ1n) is 4.34. The number of furan rings is 1. The molecule has 0 radical (unpaired) electrons. The van der Waals surface area contributed by atoms with E-state index < -0.39 is 0 Å². The number of amides is 1.